The molecular weight excluding hydrogens is 356 g/mol. The summed E-state index contributed by atoms with van der Waals surface area (Å²) in [7, 11) is -2.19. The Morgan fingerprint density at radius 1 is 1.31 bits per heavy atom. The predicted molar refractivity (Wildman–Crippen MR) is 96.5 cm³/mol. The van der Waals surface area contributed by atoms with Gasteiger partial charge in [0.05, 0.1) is 24.6 Å². The summed E-state index contributed by atoms with van der Waals surface area (Å²) in [5, 5.41) is 9.68. The fraction of sp³-hybridized carbons (Fsp3) is 0.412. The zero-order chi connectivity index (χ0) is 19.3. The normalized spacial score (nSPS) is 17.2. The highest BCUT2D eigenvalue weighted by molar-refractivity contribution is 7.92. The molecule has 0 radical (unpaired) electrons. The number of benzene rings is 1. The molecule has 0 bridgehead atoms. The minimum atomic E-state index is -3.89. The number of fused-ring (bicyclic) bond motifs is 1. The van der Waals surface area contributed by atoms with Crippen molar-refractivity contribution in [3.05, 3.63) is 42.4 Å². The first kappa shape index (κ1) is 18.2. The van der Waals surface area contributed by atoms with Crippen molar-refractivity contribution in [3.8, 4) is 0 Å². The maximum atomic E-state index is 13.1. The van der Waals surface area contributed by atoms with E-state index >= 15 is 0 Å². The zero-order valence-electron chi connectivity index (χ0n) is 15.1. The highest BCUT2D eigenvalue weighted by Crippen LogP contribution is 2.43. The molecule has 2 heterocycles. The Morgan fingerprint density at radius 2 is 1.96 bits per heavy atom. The van der Waals surface area contributed by atoms with Gasteiger partial charge in [0.1, 0.15) is 0 Å². The molecule has 1 unspecified atom stereocenters. The molecule has 1 N–H and O–H groups in total. The molecule has 0 aliphatic carbocycles. The molecule has 1 amide bonds. The number of aromatic nitrogens is 2. The van der Waals surface area contributed by atoms with Gasteiger partial charge >= 0.3 is 6.09 Å². The van der Waals surface area contributed by atoms with E-state index in [0.717, 1.165) is 0 Å². The Balaban J connectivity index is 2.10. The van der Waals surface area contributed by atoms with Crippen LogP contribution in [0.4, 0.5) is 10.5 Å². The summed E-state index contributed by atoms with van der Waals surface area (Å²) in [6.45, 7) is 5.39. The Hall–Kier alpha value is -2.55. The number of para-hydroxylation sites is 1. The Bertz CT molecular complexity index is 946. The first-order chi connectivity index (χ1) is 12.0. The molecule has 9 heteroatoms. The molecule has 8 nitrogen and oxygen atoms in total. The largest absolute Gasteiger partial charge is 0.465 e. The van der Waals surface area contributed by atoms with Gasteiger partial charge in [-0.15, -0.1) is 0 Å². The van der Waals surface area contributed by atoms with E-state index in [1.807, 2.05) is 0 Å². The van der Waals surface area contributed by atoms with Crippen LogP contribution < -0.4 is 4.31 Å². The van der Waals surface area contributed by atoms with Gasteiger partial charge in [-0.3, -0.25) is 9.21 Å². The third-order valence-corrected chi connectivity index (χ3v) is 6.04. The number of rotatable bonds is 3. The molecule has 1 aromatic heterocycles. The first-order valence-electron chi connectivity index (χ1n) is 8.15. The van der Waals surface area contributed by atoms with Crippen LogP contribution in [0.15, 0.2) is 41.8 Å². The van der Waals surface area contributed by atoms with Crippen LogP contribution in [0.25, 0.3) is 0 Å². The number of nitrogens with zero attached hydrogens (tertiary/aromatic N) is 4. The van der Waals surface area contributed by atoms with Gasteiger partial charge in [-0.05, 0) is 26.8 Å². The summed E-state index contributed by atoms with van der Waals surface area (Å²) in [4.78, 5) is 17.2. The zero-order valence-corrected chi connectivity index (χ0v) is 15.9. The van der Waals surface area contributed by atoms with Crippen LogP contribution in [0.3, 0.4) is 0 Å². The highest BCUT2D eigenvalue weighted by atomic mass is 32.2. The number of hydrogen-bond donors (Lipinski definition) is 1. The third kappa shape index (κ3) is 2.92. The van der Waals surface area contributed by atoms with E-state index < -0.39 is 27.7 Å². The minimum absolute atomic E-state index is 0.0157. The molecule has 140 valence electrons. The molecule has 1 aliphatic heterocycles. The van der Waals surface area contributed by atoms with Gasteiger partial charge < -0.3 is 9.67 Å². The highest BCUT2D eigenvalue weighted by Gasteiger charge is 2.44. The Morgan fingerprint density at radius 3 is 2.50 bits per heavy atom. The van der Waals surface area contributed by atoms with Crippen LogP contribution in [0.2, 0.25) is 0 Å². The second-order valence-corrected chi connectivity index (χ2v) is 9.12. The van der Waals surface area contributed by atoms with E-state index in [2.05, 4.69) is 4.98 Å². The van der Waals surface area contributed by atoms with Crippen LogP contribution in [0.5, 0.6) is 0 Å². The SMILES string of the molecule is Cn1cnc(S(=O)(=O)N2CC(N(C(=O)O)C(C)(C)C)c3ccccc32)c1. The summed E-state index contributed by atoms with van der Waals surface area (Å²) in [5.41, 5.74) is 0.469. The molecule has 0 spiro atoms. The van der Waals surface area contributed by atoms with E-state index in [9.17, 15) is 18.3 Å². The second-order valence-electron chi connectivity index (χ2n) is 7.31. The molecule has 0 saturated heterocycles. The van der Waals surface area contributed by atoms with Gasteiger partial charge in [0.25, 0.3) is 10.0 Å². The summed E-state index contributed by atoms with van der Waals surface area (Å²) in [6.07, 6.45) is 1.77. The van der Waals surface area contributed by atoms with Crippen LogP contribution in [0.1, 0.15) is 32.4 Å². The summed E-state index contributed by atoms with van der Waals surface area (Å²) >= 11 is 0. The maximum Gasteiger partial charge on any atom is 0.408 e. The van der Waals surface area contributed by atoms with Gasteiger partial charge in [0, 0.05) is 24.3 Å². The summed E-state index contributed by atoms with van der Waals surface area (Å²) < 4.78 is 29.0. The molecule has 1 atom stereocenters. The van der Waals surface area contributed by atoms with E-state index in [1.54, 1.807) is 56.7 Å². The fourth-order valence-electron chi connectivity index (χ4n) is 3.32. The monoisotopic (exact) mass is 378 g/mol. The predicted octanol–water partition coefficient (Wildman–Crippen LogP) is 2.45. The first-order valence-corrected chi connectivity index (χ1v) is 9.59. The standard InChI is InChI=1S/C17H22N4O4S/c1-17(2,3)21(16(22)23)14-9-20(13-8-6-5-7-12(13)14)26(24,25)15-10-19(4)11-18-15/h5-8,10-11,14H,9H2,1-4H3,(H,22,23). The quantitative estimate of drug-likeness (QED) is 0.885. The number of hydrogen-bond acceptors (Lipinski definition) is 4. The fourth-order valence-corrected chi connectivity index (χ4v) is 4.79. The maximum absolute atomic E-state index is 13.1. The number of carbonyl (C=O) groups is 1. The minimum Gasteiger partial charge on any atom is -0.465 e. The Kier molecular flexibility index (Phi) is 4.22. The number of aryl methyl sites for hydroxylation is 1. The van der Waals surface area contributed by atoms with Gasteiger partial charge in [-0.1, -0.05) is 18.2 Å². The van der Waals surface area contributed by atoms with Crippen LogP contribution >= 0.6 is 0 Å². The van der Waals surface area contributed by atoms with Crippen molar-refractivity contribution < 1.29 is 18.3 Å². The number of sulfonamides is 1. The van der Waals surface area contributed by atoms with E-state index in [1.165, 1.54) is 21.7 Å². The molecule has 0 saturated carbocycles. The van der Waals surface area contributed by atoms with Gasteiger partial charge in [0.2, 0.25) is 0 Å². The second kappa shape index (κ2) is 6.01. The molecule has 26 heavy (non-hydrogen) atoms. The van der Waals surface area contributed by atoms with Crippen LogP contribution in [-0.4, -0.2) is 46.2 Å². The number of carboxylic acid groups (broad SMARTS) is 1. The molecule has 1 aliphatic rings. The number of imidazole rings is 1. The molecule has 3 rings (SSSR count). The molecule has 1 aromatic carbocycles. The van der Waals surface area contributed by atoms with Gasteiger partial charge in [-0.25, -0.2) is 9.78 Å². The summed E-state index contributed by atoms with van der Waals surface area (Å²) in [6, 6.07) is 6.39. The smallest absolute Gasteiger partial charge is 0.408 e. The van der Waals surface area contributed by atoms with Gasteiger partial charge in [-0.2, -0.15) is 8.42 Å². The van der Waals surface area contributed by atoms with Crippen LogP contribution in [0, 0.1) is 0 Å². The van der Waals surface area contributed by atoms with Crippen molar-refractivity contribution in [1.29, 1.82) is 0 Å². The van der Waals surface area contributed by atoms with Crippen LogP contribution in [-0.2, 0) is 17.1 Å². The summed E-state index contributed by atoms with van der Waals surface area (Å²) in [5.74, 6) is 0. The number of amides is 1. The average Bonchev–Trinajstić information content (AvgIpc) is 3.11. The van der Waals surface area contributed by atoms with Crippen molar-refractivity contribution >= 4 is 21.8 Å². The topological polar surface area (TPSA) is 95.7 Å². The van der Waals surface area contributed by atoms with Crippen molar-refractivity contribution in [2.24, 2.45) is 7.05 Å². The molecule has 2 aromatic rings. The van der Waals surface area contributed by atoms with Crippen molar-refractivity contribution in [1.82, 2.24) is 14.5 Å². The van der Waals surface area contributed by atoms with E-state index in [4.69, 9.17) is 0 Å². The van der Waals surface area contributed by atoms with Crippen molar-refractivity contribution in [3.63, 3.8) is 0 Å². The lowest BCUT2D eigenvalue weighted by Gasteiger charge is -2.38. The van der Waals surface area contributed by atoms with Gasteiger partial charge in [0.15, 0.2) is 5.03 Å². The third-order valence-electron chi connectivity index (χ3n) is 4.38. The lowest BCUT2D eigenvalue weighted by atomic mass is 10.00. The lowest BCUT2D eigenvalue weighted by Crippen LogP contribution is -2.48. The van der Waals surface area contributed by atoms with E-state index in [-0.39, 0.29) is 11.6 Å². The lowest BCUT2D eigenvalue weighted by molar-refractivity contribution is 0.0748. The number of anilines is 1. The molecule has 0 fully saturated rings. The Labute approximate surface area is 152 Å². The van der Waals surface area contributed by atoms with E-state index in [0.29, 0.717) is 11.3 Å². The average molecular weight is 378 g/mol. The van der Waals surface area contributed by atoms with Crippen molar-refractivity contribution in [2.45, 2.75) is 37.4 Å². The van der Waals surface area contributed by atoms with Crippen molar-refractivity contribution in [2.75, 3.05) is 10.8 Å². The molecular formula is C17H22N4O4S.